The fraction of sp³-hybridized carbons (Fsp3) is 1.00. The average molecular weight is 265 g/mol. The highest BCUT2D eigenvalue weighted by Crippen LogP contribution is 2.39. The molecule has 2 rings (SSSR count). The van der Waals surface area contributed by atoms with E-state index in [1.54, 1.807) is 0 Å². The Morgan fingerprint density at radius 2 is 1.68 bits per heavy atom. The van der Waals surface area contributed by atoms with Gasteiger partial charge >= 0.3 is 0 Å². The van der Waals surface area contributed by atoms with Gasteiger partial charge in [-0.15, -0.1) is 0 Å². The van der Waals surface area contributed by atoms with Crippen LogP contribution in [0.1, 0.15) is 84.5 Å². The second-order valence-electron chi connectivity index (χ2n) is 7.17. The molecule has 0 aliphatic heterocycles. The second kappa shape index (κ2) is 8.29. The highest BCUT2D eigenvalue weighted by molar-refractivity contribution is 4.87. The quantitative estimate of drug-likeness (QED) is 0.671. The molecule has 2 aliphatic rings. The summed E-state index contributed by atoms with van der Waals surface area (Å²) < 4.78 is 0. The summed E-state index contributed by atoms with van der Waals surface area (Å²) >= 11 is 0. The van der Waals surface area contributed by atoms with Crippen LogP contribution in [0, 0.1) is 17.8 Å². The molecule has 2 aliphatic carbocycles. The molecule has 0 aromatic rings. The summed E-state index contributed by atoms with van der Waals surface area (Å²) in [6.45, 7) is 5.87. The zero-order chi connectivity index (χ0) is 13.5. The topological polar surface area (TPSA) is 12.0 Å². The van der Waals surface area contributed by atoms with E-state index in [-0.39, 0.29) is 0 Å². The Morgan fingerprint density at radius 3 is 2.37 bits per heavy atom. The van der Waals surface area contributed by atoms with Gasteiger partial charge in [0.2, 0.25) is 0 Å². The van der Waals surface area contributed by atoms with Gasteiger partial charge in [0.1, 0.15) is 0 Å². The molecule has 112 valence electrons. The monoisotopic (exact) mass is 265 g/mol. The van der Waals surface area contributed by atoms with Crippen molar-refractivity contribution in [3.8, 4) is 0 Å². The average Bonchev–Trinajstić information content (AvgIpc) is 2.91. The Hall–Kier alpha value is -0.0400. The minimum absolute atomic E-state index is 0.841. The Morgan fingerprint density at radius 1 is 0.895 bits per heavy atom. The van der Waals surface area contributed by atoms with Crippen LogP contribution in [0.2, 0.25) is 0 Å². The SMILES string of the molecule is CCCNC1CCC(CCC)CC1CC1CCCC1. The van der Waals surface area contributed by atoms with Crippen LogP contribution in [0.4, 0.5) is 0 Å². The van der Waals surface area contributed by atoms with Gasteiger partial charge in [0.25, 0.3) is 0 Å². The van der Waals surface area contributed by atoms with Crippen molar-refractivity contribution in [2.24, 2.45) is 17.8 Å². The van der Waals surface area contributed by atoms with Crippen molar-refractivity contribution in [2.75, 3.05) is 6.54 Å². The molecule has 1 nitrogen and oxygen atoms in total. The first kappa shape index (κ1) is 15.4. The minimum Gasteiger partial charge on any atom is -0.314 e. The third-order valence-corrected chi connectivity index (χ3v) is 5.56. The standard InChI is InChI=1S/C18H35N/c1-3-7-15-10-11-18(19-12-4-2)17(13-15)14-16-8-5-6-9-16/h15-19H,3-14H2,1-2H3. The molecular weight excluding hydrogens is 230 g/mol. The van der Waals surface area contributed by atoms with Crippen molar-refractivity contribution in [3.63, 3.8) is 0 Å². The van der Waals surface area contributed by atoms with Crippen molar-refractivity contribution >= 4 is 0 Å². The Bertz CT molecular complexity index is 232. The molecule has 0 bridgehead atoms. The maximum atomic E-state index is 3.86. The van der Waals surface area contributed by atoms with Gasteiger partial charge in [0.15, 0.2) is 0 Å². The molecule has 2 fully saturated rings. The Labute approximate surface area is 120 Å². The fourth-order valence-electron chi connectivity index (χ4n) is 4.56. The Balaban J connectivity index is 1.85. The summed E-state index contributed by atoms with van der Waals surface area (Å²) in [6.07, 6.45) is 16.2. The van der Waals surface area contributed by atoms with Crippen LogP contribution in [-0.2, 0) is 0 Å². The summed E-state index contributed by atoms with van der Waals surface area (Å²) in [6, 6.07) is 0.841. The van der Waals surface area contributed by atoms with Crippen LogP contribution >= 0.6 is 0 Å². The van der Waals surface area contributed by atoms with Crippen LogP contribution in [-0.4, -0.2) is 12.6 Å². The number of hydrogen-bond acceptors (Lipinski definition) is 1. The lowest BCUT2D eigenvalue weighted by Crippen LogP contribution is -2.41. The maximum Gasteiger partial charge on any atom is 0.00956 e. The van der Waals surface area contributed by atoms with Gasteiger partial charge in [-0.3, -0.25) is 0 Å². The van der Waals surface area contributed by atoms with Gasteiger partial charge in [-0.25, -0.2) is 0 Å². The van der Waals surface area contributed by atoms with Crippen molar-refractivity contribution in [1.29, 1.82) is 0 Å². The van der Waals surface area contributed by atoms with Gasteiger partial charge in [0.05, 0.1) is 0 Å². The first-order chi connectivity index (χ1) is 9.33. The summed E-state index contributed by atoms with van der Waals surface area (Å²) in [5, 5.41) is 3.86. The summed E-state index contributed by atoms with van der Waals surface area (Å²) in [5.41, 5.74) is 0. The van der Waals surface area contributed by atoms with E-state index in [0.717, 1.165) is 23.8 Å². The van der Waals surface area contributed by atoms with Gasteiger partial charge in [-0.05, 0) is 56.4 Å². The van der Waals surface area contributed by atoms with Crippen molar-refractivity contribution < 1.29 is 0 Å². The van der Waals surface area contributed by atoms with Crippen LogP contribution in [0.15, 0.2) is 0 Å². The largest absolute Gasteiger partial charge is 0.314 e. The van der Waals surface area contributed by atoms with E-state index in [9.17, 15) is 0 Å². The molecule has 0 spiro atoms. The number of hydrogen-bond donors (Lipinski definition) is 1. The van der Waals surface area contributed by atoms with Crippen LogP contribution < -0.4 is 5.32 Å². The van der Waals surface area contributed by atoms with E-state index in [1.165, 1.54) is 77.2 Å². The lowest BCUT2D eigenvalue weighted by molar-refractivity contribution is 0.167. The summed E-state index contributed by atoms with van der Waals surface area (Å²) in [5.74, 6) is 3.09. The molecule has 0 aromatic heterocycles. The van der Waals surface area contributed by atoms with E-state index >= 15 is 0 Å². The zero-order valence-electron chi connectivity index (χ0n) is 13.3. The van der Waals surface area contributed by atoms with Crippen LogP contribution in [0.3, 0.4) is 0 Å². The summed E-state index contributed by atoms with van der Waals surface area (Å²) in [4.78, 5) is 0. The molecule has 0 saturated heterocycles. The highest BCUT2D eigenvalue weighted by Gasteiger charge is 2.32. The van der Waals surface area contributed by atoms with E-state index in [4.69, 9.17) is 0 Å². The normalized spacial score (nSPS) is 32.8. The lowest BCUT2D eigenvalue weighted by atomic mass is 9.72. The van der Waals surface area contributed by atoms with E-state index in [0.29, 0.717) is 0 Å². The van der Waals surface area contributed by atoms with Gasteiger partial charge in [0, 0.05) is 6.04 Å². The summed E-state index contributed by atoms with van der Waals surface area (Å²) in [7, 11) is 0. The first-order valence-corrected chi connectivity index (χ1v) is 9.06. The molecule has 2 saturated carbocycles. The number of rotatable bonds is 7. The third kappa shape index (κ3) is 4.77. The predicted molar refractivity (Wildman–Crippen MR) is 84.4 cm³/mol. The van der Waals surface area contributed by atoms with Gasteiger partial charge in [-0.2, -0.15) is 0 Å². The maximum absolute atomic E-state index is 3.86. The molecule has 1 N–H and O–H groups in total. The first-order valence-electron chi connectivity index (χ1n) is 9.06. The van der Waals surface area contributed by atoms with E-state index in [1.807, 2.05) is 0 Å². The lowest BCUT2D eigenvalue weighted by Gasteiger charge is -2.38. The van der Waals surface area contributed by atoms with Crippen LogP contribution in [0.5, 0.6) is 0 Å². The molecule has 0 aromatic carbocycles. The Kier molecular flexibility index (Phi) is 6.70. The molecule has 1 heteroatoms. The molecule has 0 heterocycles. The van der Waals surface area contributed by atoms with E-state index < -0.39 is 0 Å². The molecule has 0 amide bonds. The van der Waals surface area contributed by atoms with E-state index in [2.05, 4.69) is 19.2 Å². The molecule has 3 atom stereocenters. The van der Waals surface area contributed by atoms with Crippen molar-refractivity contribution in [1.82, 2.24) is 5.32 Å². The molecular formula is C18H35N. The zero-order valence-corrected chi connectivity index (χ0v) is 13.3. The van der Waals surface area contributed by atoms with Crippen molar-refractivity contribution in [2.45, 2.75) is 90.5 Å². The van der Waals surface area contributed by atoms with Crippen molar-refractivity contribution in [3.05, 3.63) is 0 Å². The minimum atomic E-state index is 0.841. The second-order valence-corrected chi connectivity index (χ2v) is 7.17. The van der Waals surface area contributed by atoms with Gasteiger partial charge < -0.3 is 5.32 Å². The predicted octanol–water partition coefficient (Wildman–Crippen LogP) is 5.15. The van der Waals surface area contributed by atoms with Crippen LogP contribution in [0.25, 0.3) is 0 Å². The molecule has 0 radical (unpaired) electrons. The molecule has 19 heavy (non-hydrogen) atoms. The fourth-order valence-corrected chi connectivity index (χ4v) is 4.56. The number of nitrogens with one attached hydrogen (secondary N) is 1. The third-order valence-electron chi connectivity index (χ3n) is 5.56. The highest BCUT2D eigenvalue weighted by atomic mass is 14.9. The molecule has 3 unspecified atom stereocenters. The van der Waals surface area contributed by atoms with Gasteiger partial charge in [-0.1, -0.05) is 52.4 Å². The smallest absolute Gasteiger partial charge is 0.00956 e.